The van der Waals surface area contributed by atoms with Crippen molar-refractivity contribution < 1.29 is 4.79 Å². The molecule has 0 unspecified atom stereocenters. The number of hydrogen-bond acceptors (Lipinski definition) is 2. The topological polar surface area (TPSA) is 38.1 Å². The lowest BCUT2D eigenvalue weighted by atomic mass is 10.2. The van der Waals surface area contributed by atoms with E-state index in [0.717, 1.165) is 24.5 Å². The van der Waals surface area contributed by atoms with Gasteiger partial charge in [0.15, 0.2) is 0 Å². The molecule has 0 atom stereocenters. The molecule has 0 radical (unpaired) electrons. The smallest absolute Gasteiger partial charge is 0.246 e. The Balaban J connectivity index is 2.07. The fourth-order valence-corrected chi connectivity index (χ4v) is 2.02. The number of carbonyl (C=O) groups excluding carboxylic acids is 1. The molecule has 2 heterocycles. The Labute approximate surface area is 95.6 Å². The molecule has 0 saturated carbocycles. The highest BCUT2D eigenvalue weighted by Crippen LogP contribution is 2.15. The molecule has 86 valence electrons. The summed E-state index contributed by atoms with van der Waals surface area (Å²) in [6, 6.07) is 0. The zero-order valence-corrected chi connectivity index (χ0v) is 9.65. The van der Waals surface area contributed by atoms with Gasteiger partial charge in [-0.25, -0.2) is 4.98 Å². The summed E-state index contributed by atoms with van der Waals surface area (Å²) < 4.78 is 2.20. The molecule has 1 aliphatic rings. The van der Waals surface area contributed by atoms with E-state index < -0.39 is 0 Å². The van der Waals surface area contributed by atoms with Crippen molar-refractivity contribution in [3.8, 4) is 0 Å². The molecular formula is C12H17N3O. The maximum absolute atomic E-state index is 11.3. The number of carbonyl (C=O) groups is 1. The van der Waals surface area contributed by atoms with Crippen LogP contribution in [-0.2, 0) is 24.3 Å². The largest absolute Gasteiger partial charge is 0.336 e. The summed E-state index contributed by atoms with van der Waals surface area (Å²) in [4.78, 5) is 17.5. The first-order valence-electron chi connectivity index (χ1n) is 5.63. The van der Waals surface area contributed by atoms with Crippen molar-refractivity contribution in [3.05, 3.63) is 30.4 Å². The summed E-state index contributed by atoms with van der Waals surface area (Å²) in [5, 5.41) is 0. The molecule has 0 fully saturated rings. The van der Waals surface area contributed by atoms with Crippen molar-refractivity contribution in [2.24, 2.45) is 0 Å². The van der Waals surface area contributed by atoms with E-state index >= 15 is 0 Å². The van der Waals surface area contributed by atoms with Crippen LogP contribution in [0.4, 0.5) is 0 Å². The van der Waals surface area contributed by atoms with Crippen molar-refractivity contribution in [1.29, 1.82) is 0 Å². The first kappa shape index (κ1) is 10.9. The fourth-order valence-electron chi connectivity index (χ4n) is 2.02. The summed E-state index contributed by atoms with van der Waals surface area (Å²) in [7, 11) is 1.77. The first-order chi connectivity index (χ1) is 7.70. The Morgan fingerprint density at radius 3 is 3.19 bits per heavy atom. The normalized spacial score (nSPS) is 14.3. The van der Waals surface area contributed by atoms with Crippen LogP contribution in [0, 0.1) is 0 Å². The number of amides is 1. The van der Waals surface area contributed by atoms with Crippen molar-refractivity contribution in [2.75, 3.05) is 7.05 Å². The van der Waals surface area contributed by atoms with Gasteiger partial charge >= 0.3 is 0 Å². The maximum atomic E-state index is 11.3. The second-order valence-electron chi connectivity index (χ2n) is 4.20. The second kappa shape index (κ2) is 4.51. The average Bonchev–Trinajstić information content (AvgIpc) is 2.69. The third kappa shape index (κ3) is 2.15. The highest BCUT2D eigenvalue weighted by molar-refractivity contribution is 5.86. The van der Waals surface area contributed by atoms with Gasteiger partial charge in [-0.3, -0.25) is 4.79 Å². The molecular weight excluding hydrogens is 202 g/mol. The van der Waals surface area contributed by atoms with Crippen molar-refractivity contribution in [3.63, 3.8) is 0 Å². The predicted molar refractivity (Wildman–Crippen MR) is 61.8 cm³/mol. The highest BCUT2D eigenvalue weighted by atomic mass is 16.2. The molecule has 1 amide bonds. The number of fused-ring (bicyclic) bond motifs is 1. The van der Waals surface area contributed by atoms with Crippen LogP contribution < -0.4 is 0 Å². The third-order valence-electron chi connectivity index (χ3n) is 2.91. The number of rotatable bonds is 3. The predicted octanol–water partition coefficient (Wildman–Crippen LogP) is 1.36. The van der Waals surface area contributed by atoms with E-state index in [9.17, 15) is 4.79 Å². The summed E-state index contributed by atoms with van der Waals surface area (Å²) in [5.74, 6) is 1.09. The van der Waals surface area contributed by atoms with Gasteiger partial charge in [0, 0.05) is 26.2 Å². The van der Waals surface area contributed by atoms with Crippen LogP contribution in [-0.4, -0.2) is 27.4 Å². The van der Waals surface area contributed by atoms with Crippen LogP contribution in [0.15, 0.2) is 18.9 Å². The van der Waals surface area contributed by atoms with E-state index in [4.69, 9.17) is 0 Å². The van der Waals surface area contributed by atoms with E-state index in [2.05, 4.69) is 22.3 Å². The molecule has 0 bridgehead atoms. The molecule has 4 nitrogen and oxygen atoms in total. The minimum Gasteiger partial charge on any atom is -0.336 e. The maximum Gasteiger partial charge on any atom is 0.246 e. The molecule has 0 spiro atoms. The van der Waals surface area contributed by atoms with Gasteiger partial charge in [-0.1, -0.05) is 6.58 Å². The molecule has 0 N–H and O–H groups in total. The first-order valence-corrected chi connectivity index (χ1v) is 5.63. The monoisotopic (exact) mass is 219 g/mol. The minimum absolute atomic E-state index is 0.0639. The Hall–Kier alpha value is -1.58. The second-order valence-corrected chi connectivity index (χ2v) is 4.20. The van der Waals surface area contributed by atoms with Crippen molar-refractivity contribution in [2.45, 2.75) is 32.4 Å². The number of hydrogen-bond donors (Lipinski definition) is 0. The Morgan fingerprint density at radius 2 is 2.50 bits per heavy atom. The quantitative estimate of drug-likeness (QED) is 0.720. The SMILES string of the molecule is C=CC(=O)N(C)Cc1cn2c(n1)CCCC2. The van der Waals surface area contributed by atoms with Gasteiger partial charge in [-0.05, 0) is 18.9 Å². The number of aryl methyl sites for hydroxylation is 2. The zero-order valence-electron chi connectivity index (χ0n) is 9.65. The molecule has 0 aromatic carbocycles. The minimum atomic E-state index is -0.0639. The van der Waals surface area contributed by atoms with E-state index in [-0.39, 0.29) is 5.91 Å². The molecule has 2 rings (SSSR count). The van der Waals surface area contributed by atoms with E-state index in [1.807, 2.05) is 0 Å². The highest BCUT2D eigenvalue weighted by Gasteiger charge is 2.14. The van der Waals surface area contributed by atoms with Gasteiger partial charge in [-0.15, -0.1) is 0 Å². The van der Waals surface area contributed by atoms with Gasteiger partial charge in [0.1, 0.15) is 5.82 Å². The lowest BCUT2D eigenvalue weighted by Crippen LogP contribution is -2.24. The van der Waals surface area contributed by atoms with Gasteiger partial charge in [0.2, 0.25) is 5.91 Å². The number of imidazole rings is 1. The lowest BCUT2D eigenvalue weighted by Gasteiger charge is -2.12. The van der Waals surface area contributed by atoms with Crippen LogP contribution in [0.3, 0.4) is 0 Å². The van der Waals surface area contributed by atoms with Gasteiger partial charge < -0.3 is 9.47 Å². The number of nitrogens with zero attached hydrogens (tertiary/aromatic N) is 3. The average molecular weight is 219 g/mol. The van der Waals surface area contributed by atoms with E-state index in [0.29, 0.717) is 6.54 Å². The van der Waals surface area contributed by atoms with Crippen LogP contribution in [0.5, 0.6) is 0 Å². The fraction of sp³-hybridized carbons (Fsp3) is 0.500. The van der Waals surface area contributed by atoms with Gasteiger partial charge in [0.25, 0.3) is 0 Å². The standard InChI is InChI=1S/C12H17N3O/c1-3-12(16)14(2)8-10-9-15-7-5-4-6-11(15)13-10/h3,9H,1,4-8H2,2H3. The molecule has 16 heavy (non-hydrogen) atoms. The van der Waals surface area contributed by atoms with Crippen LogP contribution >= 0.6 is 0 Å². The Bertz CT molecular complexity index is 385. The van der Waals surface area contributed by atoms with E-state index in [1.165, 1.54) is 18.9 Å². The Morgan fingerprint density at radius 1 is 1.69 bits per heavy atom. The zero-order chi connectivity index (χ0) is 11.5. The van der Waals surface area contributed by atoms with Crippen LogP contribution in [0.25, 0.3) is 0 Å². The van der Waals surface area contributed by atoms with Gasteiger partial charge in [0.05, 0.1) is 12.2 Å². The third-order valence-corrected chi connectivity index (χ3v) is 2.91. The molecule has 0 aliphatic carbocycles. The number of likely N-dealkylation sites (N-methyl/N-ethyl adjacent to an activating group) is 1. The van der Waals surface area contributed by atoms with Crippen molar-refractivity contribution >= 4 is 5.91 Å². The molecule has 1 aromatic heterocycles. The summed E-state index contributed by atoms with van der Waals surface area (Å²) >= 11 is 0. The van der Waals surface area contributed by atoms with Gasteiger partial charge in [-0.2, -0.15) is 0 Å². The van der Waals surface area contributed by atoms with Crippen LogP contribution in [0.1, 0.15) is 24.4 Å². The lowest BCUT2D eigenvalue weighted by molar-refractivity contribution is -0.125. The summed E-state index contributed by atoms with van der Waals surface area (Å²) in [6.07, 6.45) is 6.89. The Kier molecular flexibility index (Phi) is 3.08. The van der Waals surface area contributed by atoms with E-state index in [1.54, 1.807) is 11.9 Å². The van der Waals surface area contributed by atoms with Crippen LogP contribution in [0.2, 0.25) is 0 Å². The molecule has 4 heteroatoms. The number of aromatic nitrogens is 2. The molecule has 1 aromatic rings. The molecule has 1 aliphatic heterocycles. The summed E-state index contributed by atoms with van der Waals surface area (Å²) in [6.45, 7) is 5.09. The van der Waals surface area contributed by atoms with Crippen molar-refractivity contribution in [1.82, 2.24) is 14.5 Å². The molecule has 0 saturated heterocycles. The summed E-state index contributed by atoms with van der Waals surface area (Å²) in [5.41, 5.74) is 0.967.